The summed E-state index contributed by atoms with van der Waals surface area (Å²) in [6.07, 6.45) is 2.21. The van der Waals surface area contributed by atoms with Crippen LogP contribution in [0.4, 0.5) is 17.6 Å². The van der Waals surface area contributed by atoms with Crippen molar-refractivity contribution in [2.75, 3.05) is 0 Å². The maximum Gasteiger partial charge on any atom is 0.425 e. The second kappa shape index (κ2) is 9.96. The van der Waals surface area contributed by atoms with Gasteiger partial charge in [-0.1, -0.05) is 42.5 Å². The quantitative estimate of drug-likeness (QED) is 0.309. The number of hydrogen-bond acceptors (Lipinski definition) is 1. The Morgan fingerprint density at radius 3 is 2.03 bits per heavy atom. The average Bonchev–Trinajstić information content (AvgIpc) is 2.72. The summed E-state index contributed by atoms with van der Waals surface area (Å²) in [6.45, 7) is 3.80. The third-order valence-electron chi connectivity index (χ3n) is 5.73. The number of alkyl halides is 2. The molecule has 1 nitrogen and oxygen atoms in total. The van der Waals surface area contributed by atoms with Crippen molar-refractivity contribution in [3.05, 3.63) is 78.9 Å². The standard InChI is InChI=1S/C25H26F4O/c1-2-3-4-18-5-7-19(8-6-18)20-9-11-21(12-10-20)22-13-15-23(16-14-22)30-25(28,29)17-24(26)27/h2,9-19H,1,3-8H2. The minimum atomic E-state index is -4.05. The summed E-state index contributed by atoms with van der Waals surface area (Å²) in [5.41, 5.74) is 3.14. The van der Waals surface area contributed by atoms with Crippen LogP contribution in [0.25, 0.3) is 11.1 Å². The fraction of sp³-hybridized carbons (Fsp3) is 0.360. The first-order valence-electron chi connectivity index (χ1n) is 10.3. The molecule has 0 N–H and O–H groups in total. The average molecular weight is 418 g/mol. The smallest absolute Gasteiger partial charge is 0.425 e. The van der Waals surface area contributed by atoms with Crippen molar-refractivity contribution in [1.29, 1.82) is 0 Å². The van der Waals surface area contributed by atoms with Crippen molar-refractivity contribution in [2.24, 2.45) is 5.92 Å². The molecule has 0 atom stereocenters. The Labute approximate surface area is 175 Å². The molecule has 0 unspecified atom stereocenters. The molecule has 0 saturated heterocycles. The Kier molecular flexibility index (Phi) is 7.35. The topological polar surface area (TPSA) is 9.23 Å². The largest absolute Gasteiger partial charge is 0.429 e. The summed E-state index contributed by atoms with van der Waals surface area (Å²) in [5, 5.41) is 0. The van der Waals surface area contributed by atoms with Crippen molar-refractivity contribution in [1.82, 2.24) is 0 Å². The minimum Gasteiger partial charge on any atom is -0.429 e. The highest BCUT2D eigenvalue weighted by Crippen LogP contribution is 2.38. The van der Waals surface area contributed by atoms with E-state index in [0.717, 1.165) is 23.5 Å². The molecule has 0 aromatic heterocycles. The van der Waals surface area contributed by atoms with Gasteiger partial charge >= 0.3 is 6.11 Å². The van der Waals surface area contributed by atoms with Crippen LogP contribution >= 0.6 is 0 Å². The third kappa shape index (κ3) is 6.22. The first-order valence-corrected chi connectivity index (χ1v) is 10.3. The van der Waals surface area contributed by atoms with Crippen molar-refractivity contribution in [3.8, 4) is 16.9 Å². The maximum atomic E-state index is 13.3. The molecule has 1 saturated carbocycles. The first kappa shape index (κ1) is 22.1. The highest BCUT2D eigenvalue weighted by Gasteiger charge is 2.30. The van der Waals surface area contributed by atoms with Gasteiger partial charge in [0.15, 0.2) is 0 Å². The predicted molar refractivity (Wildman–Crippen MR) is 112 cm³/mol. The highest BCUT2D eigenvalue weighted by atomic mass is 19.3. The molecule has 2 aromatic rings. The zero-order chi connectivity index (χ0) is 21.6. The lowest BCUT2D eigenvalue weighted by Gasteiger charge is -2.28. The van der Waals surface area contributed by atoms with Gasteiger partial charge in [0, 0.05) is 0 Å². The van der Waals surface area contributed by atoms with E-state index in [-0.39, 0.29) is 5.75 Å². The lowest BCUT2D eigenvalue weighted by atomic mass is 9.77. The number of halogens is 4. The summed E-state index contributed by atoms with van der Waals surface area (Å²) in [5.74, 6) is 1.22. The molecule has 1 aliphatic rings. The number of benzene rings is 2. The number of rotatable bonds is 8. The fourth-order valence-electron chi connectivity index (χ4n) is 4.11. The van der Waals surface area contributed by atoms with Gasteiger partial charge in [-0.15, -0.1) is 6.58 Å². The van der Waals surface area contributed by atoms with Gasteiger partial charge in [-0.05, 0) is 79.2 Å². The van der Waals surface area contributed by atoms with Gasteiger partial charge in [0.1, 0.15) is 5.75 Å². The summed E-state index contributed by atoms with van der Waals surface area (Å²) >= 11 is 0. The molecule has 160 valence electrons. The Balaban J connectivity index is 1.60. The van der Waals surface area contributed by atoms with Crippen LogP contribution in [0.3, 0.4) is 0 Å². The van der Waals surface area contributed by atoms with Gasteiger partial charge in [0.25, 0.3) is 6.08 Å². The van der Waals surface area contributed by atoms with Crippen molar-refractivity contribution < 1.29 is 22.3 Å². The molecule has 0 heterocycles. The van der Waals surface area contributed by atoms with E-state index < -0.39 is 18.3 Å². The van der Waals surface area contributed by atoms with Gasteiger partial charge in [-0.2, -0.15) is 17.6 Å². The molecule has 2 aromatic carbocycles. The van der Waals surface area contributed by atoms with Gasteiger partial charge in [0.2, 0.25) is 0 Å². The van der Waals surface area contributed by atoms with E-state index in [9.17, 15) is 17.6 Å². The molecular formula is C25H26F4O. The fourth-order valence-corrected chi connectivity index (χ4v) is 4.11. The zero-order valence-electron chi connectivity index (χ0n) is 16.8. The molecular weight excluding hydrogens is 392 g/mol. The number of allylic oxidation sites excluding steroid dienone is 1. The van der Waals surface area contributed by atoms with E-state index >= 15 is 0 Å². The van der Waals surface area contributed by atoms with E-state index in [1.807, 2.05) is 18.2 Å². The van der Waals surface area contributed by atoms with Crippen LogP contribution in [-0.2, 0) is 0 Å². The van der Waals surface area contributed by atoms with Crippen molar-refractivity contribution in [3.63, 3.8) is 0 Å². The highest BCUT2D eigenvalue weighted by molar-refractivity contribution is 5.64. The predicted octanol–water partition coefficient (Wildman–Crippen LogP) is 8.35. The van der Waals surface area contributed by atoms with Gasteiger partial charge in [-0.3, -0.25) is 0 Å². The van der Waals surface area contributed by atoms with Crippen LogP contribution in [0.2, 0.25) is 0 Å². The molecule has 0 radical (unpaired) electrons. The number of hydrogen-bond donors (Lipinski definition) is 0. The Bertz CT molecular complexity index is 844. The Hall–Kier alpha value is -2.56. The number of ether oxygens (including phenoxy) is 1. The monoisotopic (exact) mass is 418 g/mol. The normalized spacial score (nSPS) is 19.2. The lowest BCUT2D eigenvalue weighted by Crippen LogP contribution is -2.21. The van der Waals surface area contributed by atoms with Gasteiger partial charge in [-0.25, -0.2) is 0 Å². The SMILES string of the molecule is C=CCCC1CCC(c2ccc(-c3ccc(OC(F)(F)C=C(F)F)cc3)cc2)CC1. The summed E-state index contributed by atoms with van der Waals surface area (Å²) in [4.78, 5) is 0. The van der Waals surface area contributed by atoms with Crippen LogP contribution in [0, 0.1) is 5.92 Å². The van der Waals surface area contributed by atoms with Crippen LogP contribution in [-0.4, -0.2) is 6.11 Å². The molecule has 1 aliphatic carbocycles. The Morgan fingerprint density at radius 2 is 1.50 bits per heavy atom. The van der Waals surface area contributed by atoms with E-state index in [2.05, 4.69) is 23.4 Å². The van der Waals surface area contributed by atoms with Gasteiger partial charge < -0.3 is 4.74 Å². The van der Waals surface area contributed by atoms with Crippen LogP contribution in [0.5, 0.6) is 5.75 Å². The summed E-state index contributed by atoms with van der Waals surface area (Å²) in [7, 11) is 0. The van der Waals surface area contributed by atoms with Gasteiger partial charge in [0.05, 0.1) is 6.08 Å². The lowest BCUT2D eigenvalue weighted by molar-refractivity contribution is -0.133. The van der Waals surface area contributed by atoms with Crippen LogP contribution < -0.4 is 4.74 Å². The molecule has 0 amide bonds. The first-order chi connectivity index (χ1) is 14.4. The van der Waals surface area contributed by atoms with Crippen LogP contribution in [0.1, 0.15) is 50.0 Å². The second-order valence-electron chi connectivity index (χ2n) is 7.83. The molecule has 3 rings (SSSR count). The van der Waals surface area contributed by atoms with E-state index in [0.29, 0.717) is 5.92 Å². The molecule has 0 aliphatic heterocycles. The maximum absolute atomic E-state index is 13.3. The molecule has 5 heteroatoms. The van der Waals surface area contributed by atoms with E-state index in [1.165, 1.54) is 49.8 Å². The van der Waals surface area contributed by atoms with Crippen molar-refractivity contribution in [2.45, 2.75) is 50.6 Å². The molecule has 1 fully saturated rings. The summed E-state index contributed by atoms with van der Waals surface area (Å²) in [6, 6.07) is 14.3. The minimum absolute atomic E-state index is 0.175. The van der Waals surface area contributed by atoms with E-state index in [4.69, 9.17) is 0 Å². The third-order valence-corrected chi connectivity index (χ3v) is 5.73. The summed E-state index contributed by atoms with van der Waals surface area (Å²) < 4.78 is 55.1. The second-order valence-corrected chi connectivity index (χ2v) is 7.83. The zero-order valence-corrected chi connectivity index (χ0v) is 16.8. The Morgan fingerprint density at radius 1 is 0.933 bits per heavy atom. The van der Waals surface area contributed by atoms with Crippen LogP contribution in [0.15, 0.2) is 73.3 Å². The van der Waals surface area contributed by atoms with Crippen molar-refractivity contribution >= 4 is 0 Å². The molecule has 30 heavy (non-hydrogen) atoms. The molecule has 0 spiro atoms. The van der Waals surface area contributed by atoms with E-state index in [1.54, 1.807) is 12.1 Å². The molecule has 0 bridgehead atoms.